The van der Waals surface area contributed by atoms with Crippen LogP contribution in [0, 0.1) is 0 Å². The molecule has 0 unspecified atom stereocenters. The lowest BCUT2D eigenvalue weighted by atomic mass is 9.75. The quantitative estimate of drug-likeness (QED) is 0.856. The van der Waals surface area contributed by atoms with Crippen molar-refractivity contribution in [2.24, 2.45) is 12.8 Å². The van der Waals surface area contributed by atoms with Gasteiger partial charge in [0.25, 0.3) is 0 Å². The lowest BCUT2D eigenvalue weighted by Gasteiger charge is -2.30. The first-order chi connectivity index (χ1) is 7.89. The highest BCUT2D eigenvalue weighted by molar-refractivity contribution is 5.33. The fraction of sp³-hybridized carbons (Fsp3) is 0.786. The molecule has 2 N–H and O–H groups in total. The van der Waals surface area contributed by atoms with E-state index in [1.54, 1.807) is 0 Å². The van der Waals surface area contributed by atoms with E-state index in [4.69, 9.17) is 5.73 Å². The van der Waals surface area contributed by atoms with E-state index < -0.39 is 0 Å². The summed E-state index contributed by atoms with van der Waals surface area (Å²) < 4.78 is 1.95. The van der Waals surface area contributed by atoms with Crippen LogP contribution >= 0.6 is 0 Å². The van der Waals surface area contributed by atoms with E-state index in [0.717, 1.165) is 6.54 Å². The Morgan fingerprint density at radius 2 is 1.94 bits per heavy atom. The van der Waals surface area contributed by atoms with Gasteiger partial charge >= 0.3 is 0 Å². The molecule has 1 aromatic heterocycles. The molecule has 1 fully saturated rings. The van der Waals surface area contributed by atoms with Crippen molar-refractivity contribution in [2.45, 2.75) is 57.3 Å². The van der Waals surface area contributed by atoms with Crippen molar-refractivity contribution in [3.63, 3.8) is 0 Å². The Kier molecular flexibility index (Phi) is 3.06. The van der Waals surface area contributed by atoms with Crippen LogP contribution in [0.4, 0.5) is 0 Å². The Morgan fingerprint density at radius 1 is 1.35 bits per heavy atom. The molecule has 0 atom stereocenters. The first-order valence-electron chi connectivity index (χ1n) is 6.64. The minimum Gasteiger partial charge on any atom is -0.330 e. The smallest absolute Gasteiger partial charge is 0.0715 e. The molecular weight excluding hydrogens is 210 g/mol. The molecule has 1 saturated carbocycles. The van der Waals surface area contributed by atoms with Crippen LogP contribution in [-0.2, 0) is 17.9 Å². The van der Waals surface area contributed by atoms with Crippen molar-refractivity contribution in [2.75, 3.05) is 6.54 Å². The van der Waals surface area contributed by atoms with Crippen LogP contribution in [0.1, 0.15) is 57.7 Å². The van der Waals surface area contributed by atoms with Gasteiger partial charge in [-0.05, 0) is 12.8 Å². The molecule has 3 heteroatoms. The standard InChI is InChI=1S/C14H25N3/c1-13(2,3)12-11(9-17(4)16-12)14(10-15)7-5-6-8-14/h9H,5-8,10,15H2,1-4H3. The Balaban J connectivity index is 2.50. The zero-order chi connectivity index (χ0) is 12.7. The van der Waals surface area contributed by atoms with Crippen molar-refractivity contribution >= 4 is 0 Å². The van der Waals surface area contributed by atoms with E-state index in [1.807, 2.05) is 11.7 Å². The Bertz CT molecular complexity index is 392. The fourth-order valence-corrected chi connectivity index (χ4v) is 3.07. The third-order valence-corrected chi connectivity index (χ3v) is 4.06. The van der Waals surface area contributed by atoms with E-state index in [9.17, 15) is 0 Å². The molecular formula is C14H25N3. The van der Waals surface area contributed by atoms with E-state index in [-0.39, 0.29) is 10.8 Å². The van der Waals surface area contributed by atoms with Crippen LogP contribution in [0.3, 0.4) is 0 Å². The average molecular weight is 235 g/mol. The number of hydrogen-bond donors (Lipinski definition) is 1. The average Bonchev–Trinajstić information content (AvgIpc) is 2.83. The Morgan fingerprint density at radius 3 is 2.41 bits per heavy atom. The highest BCUT2D eigenvalue weighted by atomic mass is 15.3. The summed E-state index contributed by atoms with van der Waals surface area (Å²) in [5.41, 5.74) is 9.00. The van der Waals surface area contributed by atoms with Crippen molar-refractivity contribution < 1.29 is 0 Å². The third kappa shape index (κ3) is 2.13. The van der Waals surface area contributed by atoms with E-state index >= 15 is 0 Å². The second-order valence-electron chi connectivity index (χ2n) is 6.51. The van der Waals surface area contributed by atoms with Gasteiger partial charge in [0.05, 0.1) is 5.69 Å². The van der Waals surface area contributed by atoms with E-state index in [0.29, 0.717) is 0 Å². The summed E-state index contributed by atoms with van der Waals surface area (Å²) in [5.74, 6) is 0. The maximum Gasteiger partial charge on any atom is 0.0715 e. The molecule has 0 saturated heterocycles. The summed E-state index contributed by atoms with van der Waals surface area (Å²) in [4.78, 5) is 0. The molecule has 2 rings (SSSR count). The SMILES string of the molecule is Cn1cc(C2(CN)CCCC2)c(C(C)(C)C)n1. The van der Waals surface area contributed by atoms with Crippen molar-refractivity contribution in [1.29, 1.82) is 0 Å². The summed E-state index contributed by atoms with van der Waals surface area (Å²) in [6.07, 6.45) is 7.24. The molecule has 0 spiro atoms. The van der Waals surface area contributed by atoms with E-state index in [2.05, 4.69) is 32.1 Å². The number of aryl methyl sites for hydroxylation is 1. The van der Waals surface area contributed by atoms with Crippen molar-refractivity contribution in [1.82, 2.24) is 9.78 Å². The molecule has 1 aromatic rings. The van der Waals surface area contributed by atoms with Crippen LogP contribution in [0.5, 0.6) is 0 Å². The Hall–Kier alpha value is -0.830. The van der Waals surface area contributed by atoms with E-state index in [1.165, 1.54) is 36.9 Å². The fourth-order valence-electron chi connectivity index (χ4n) is 3.07. The van der Waals surface area contributed by atoms with Gasteiger partial charge in [0.1, 0.15) is 0 Å². The number of hydrogen-bond acceptors (Lipinski definition) is 2. The summed E-state index contributed by atoms with van der Waals surface area (Å²) in [5, 5.41) is 4.68. The summed E-state index contributed by atoms with van der Waals surface area (Å²) >= 11 is 0. The highest BCUT2D eigenvalue weighted by Crippen LogP contribution is 2.43. The minimum absolute atomic E-state index is 0.0986. The molecule has 3 nitrogen and oxygen atoms in total. The van der Waals surface area contributed by atoms with Crippen LogP contribution < -0.4 is 5.73 Å². The highest BCUT2D eigenvalue weighted by Gasteiger charge is 2.39. The molecule has 17 heavy (non-hydrogen) atoms. The zero-order valence-corrected chi connectivity index (χ0v) is 11.6. The second kappa shape index (κ2) is 4.13. The van der Waals surface area contributed by atoms with Gasteiger partial charge in [0, 0.05) is 36.2 Å². The first-order valence-corrected chi connectivity index (χ1v) is 6.64. The second-order valence-corrected chi connectivity index (χ2v) is 6.51. The predicted octanol–water partition coefficient (Wildman–Crippen LogP) is 2.49. The molecule has 1 heterocycles. The van der Waals surface area contributed by atoms with Crippen molar-refractivity contribution in [3.05, 3.63) is 17.5 Å². The Labute approximate surface area is 104 Å². The zero-order valence-electron chi connectivity index (χ0n) is 11.6. The van der Waals surface area contributed by atoms with Gasteiger partial charge in [-0.3, -0.25) is 4.68 Å². The van der Waals surface area contributed by atoms with Crippen LogP contribution in [-0.4, -0.2) is 16.3 Å². The summed E-state index contributed by atoms with van der Waals surface area (Å²) in [6, 6.07) is 0. The first kappa shape index (κ1) is 12.6. The number of nitrogens with two attached hydrogens (primary N) is 1. The molecule has 0 aromatic carbocycles. The predicted molar refractivity (Wildman–Crippen MR) is 71.1 cm³/mol. The molecule has 0 aliphatic heterocycles. The largest absolute Gasteiger partial charge is 0.330 e. The van der Waals surface area contributed by atoms with Crippen LogP contribution in [0.15, 0.2) is 6.20 Å². The molecule has 0 amide bonds. The summed E-state index contributed by atoms with van der Waals surface area (Å²) in [7, 11) is 2.01. The summed E-state index contributed by atoms with van der Waals surface area (Å²) in [6.45, 7) is 7.45. The molecule has 96 valence electrons. The van der Waals surface area contributed by atoms with Gasteiger partial charge in [0.15, 0.2) is 0 Å². The molecule has 0 radical (unpaired) electrons. The maximum atomic E-state index is 6.09. The van der Waals surface area contributed by atoms with Gasteiger partial charge in [-0.1, -0.05) is 33.6 Å². The van der Waals surface area contributed by atoms with Crippen molar-refractivity contribution in [3.8, 4) is 0 Å². The maximum absolute atomic E-state index is 6.09. The minimum atomic E-state index is 0.0986. The molecule has 1 aliphatic carbocycles. The third-order valence-electron chi connectivity index (χ3n) is 4.06. The normalized spacial score (nSPS) is 19.8. The molecule has 0 bridgehead atoms. The lowest BCUT2D eigenvalue weighted by Crippen LogP contribution is -2.34. The van der Waals surface area contributed by atoms with Gasteiger partial charge < -0.3 is 5.73 Å². The number of nitrogens with zero attached hydrogens (tertiary/aromatic N) is 2. The topological polar surface area (TPSA) is 43.8 Å². The van der Waals surface area contributed by atoms with Gasteiger partial charge in [-0.15, -0.1) is 0 Å². The number of rotatable bonds is 2. The number of aromatic nitrogens is 2. The van der Waals surface area contributed by atoms with Gasteiger partial charge in [-0.2, -0.15) is 5.10 Å². The molecule has 1 aliphatic rings. The van der Waals surface area contributed by atoms with Crippen LogP contribution in [0.2, 0.25) is 0 Å². The monoisotopic (exact) mass is 235 g/mol. The van der Waals surface area contributed by atoms with Gasteiger partial charge in [0.2, 0.25) is 0 Å². The van der Waals surface area contributed by atoms with Crippen LogP contribution in [0.25, 0.3) is 0 Å². The lowest BCUT2D eigenvalue weighted by molar-refractivity contribution is 0.435. The van der Waals surface area contributed by atoms with Gasteiger partial charge in [-0.25, -0.2) is 0 Å².